The highest BCUT2D eigenvalue weighted by atomic mass is 32.1. The Morgan fingerprint density at radius 2 is 2.04 bits per heavy atom. The van der Waals surface area contributed by atoms with Crippen molar-refractivity contribution >= 4 is 28.5 Å². The molecule has 0 bridgehead atoms. The summed E-state index contributed by atoms with van der Waals surface area (Å²) in [5.41, 5.74) is 4.42. The molecule has 25 heavy (non-hydrogen) atoms. The van der Waals surface area contributed by atoms with Crippen LogP contribution in [0.15, 0.2) is 35.7 Å². The number of benzene rings is 1. The Kier molecular flexibility index (Phi) is 6.16. The molecular formula is C18H22N4O2S. The number of thiazole rings is 1. The Hall–Kier alpha value is -2.22. The molecule has 1 aromatic carbocycles. The van der Waals surface area contributed by atoms with Crippen LogP contribution in [0.4, 0.5) is 5.13 Å². The fraction of sp³-hybridized carbons (Fsp3) is 0.333. The molecule has 7 heteroatoms. The topological polar surface area (TPSA) is 77.5 Å². The van der Waals surface area contributed by atoms with Gasteiger partial charge in [0.1, 0.15) is 0 Å². The molecule has 0 atom stereocenters. The lowest BCUT2D eigenvalue weighted by Crippen LogP contribution is -2.25. The summed E-state index contributed by atoms with van der Waals surface area (Å²) in [6, 6.07) is 7.77. The third-order valence-corrected chi connectivity index (χ3v) is 4.95. The molecule has 132 valence electrons. The van der Waals surface area contributed by atoms with Crippen molar-refractivity contribution in [3.63, 3.8) is 0 Å². The van der Waals surface area contributed by atoms with Crippen LogP contribution >= 0.6 is 11.3 Å². The minimum Gasteiger partial charge on any atom is -0.360 e. The van der Waals surface area contributed by atoms with Gasteiger partial charge in [0.25, 0.3) is 5.91 Å². The molecule has 1 aromatic heterocycles. The van der Waals surface area contributed by atoms with Crippen LogP contribution in [-0.2, 0) is 4.79 Å². The summed E-state index contributed by atoms with van der Waals surface area (Å²) >= 11 is 1.61. The molecule has 1 amide bonds. The van der Waals surface area contributed by atoms with Crippen molar-refractivity contribution in [3.05, 3.63) is 41.3 Å². The second kappa shape index (κ2) is 8.75. The van der Waals surface area contributed by atoms with Crippen molar-refractivity contribution in [2.75, 3.05) is 31.5 Å². The van der Waals surface area contributed by atoms with Crippen LogP contribution in [-0.4, -0.2) is 47.2 Å². The number of carbonyl (C=O) groups excluding carboxylic acids is 1. The number of anilines is 1. The molecule has 2 aromatic rings. The molecule has 2 heterocycles. The molecule has 1 aliphatic heterocycles. The van der Waals surface area contributed by atoms with Crippen molar-refractivity contribution in [1.29, 1.82) is 0 Å². The second-order valence-corrected chi connectivity index (χ2v) is 6.80. The van der Waals surface area contributed by atoms with E-state index in [9.17, 15) is 4.79 Å². The monoisotopic (exact) mass is 358 g/mol. The Morgan fingerprint density at radius 3 is 2.76 bits per heavy atom. The van der Waals surface area contributed by atoms with Gasteiger partial charge >= 0.3 is 0 Å². The Morgan fingerprint density at radius 1 is 1.28 bits per heavy atom. The molecule has 1 saturated heterocycles. The second-order valence-electron chi connectivity index (χ2n) is 5.94. The van der Waals surface area contributed by atoms with Gasteiger partial charge < -0.3 is 10.2 Å². The van der Waals surface area contributed by atoms with Gasteiger partial charge in [-0.3, -0.25) is 10.0 Å². The average Bonchev–Trinajstić information content (AvgIpc) is 3.32. The lowest BCUT2D eigenvalue weighted by Gasteiger charge is -2.14. The number of rotatable bonds is 7. The SMILES string of the molecule is O=C(/C=C/c1ccc(-c2csc(NCCN3CCCC3)n2)cc1)NO. The van der Waals surface area contributed by atoms with Gasteiger partial charge in [0.2, 0.25) is 0 Å². The van der Waals surface area contributed by atoms with E-state index in [0.29, 0.717) is 0 Å². The first-order valence-corrected chi connectivity index (χ1v) is 9.27. The average molecular weight is 358 g/mol. The normalized spacial score (nSPS) is 14.9. The van der Waals surface area contributed by atoms with E-state index < -0.39 is 5.91 Å². The first-order valence-electron chi connectivity index (χ1n) is 8.39. The maximum absolute atomic E-state index is 11.0. The van der Waals surface area contributed by atoms with Crippen LogP contribution in [0.3, 0.4) is 0 Å². The van der Waals surface area contributed by atoms with Crippen molar-refractivity contribution in [2.24, 2.45) is 0 Å². The highest BCUT2D eigenvalue weighted by molar-refractivity contribution is 7.14. The van der Waals surface area contributed by atoms with Gasteiger partial charge in [-0.2, -0.15) is 0 Å². The molecular weight excluding hydrogens is 336 g/mol. The summed E-state index contributed by atoms with van der Waals surface area (Å²) in [6.07, 6.45) is 5.55. The number of nitrogens with one attached hydrogen (secondary N) is 2. The molecule has 1 aliphatic rings. The van der Waals surface area contributed by atoms with Gasteiger partial charge in [-0.1, -0.05) is 24.3 Å². The fourth-order valence-electron chi connectivity index (χ4n) is 2.79. The highest BCUT2D eigenvalue weighted by Crippen LogP contribution is 2.25. The van der Waals surface area contributed by atoms with Gasteiger partial charge in [-0.25, -0.2) is 10.5 Å². The molecule has 6 nitrogen and oxygen atoms in total. The Balaban J connectivity index is 1.54. The van der Waals surface area contributed by atoms with Gasteiger partial charge in [0, 0.05) is 30.1 Å². The molecule has 0 aliphatic carbocycles. The number of aromatic nitrogens is 1. The third kappa shape index (κ3) is 5.12. The molecule has 0 spiro atoms. The Bertz CT molecular complexity index is 721. The summed E-state index contributed by atoms with van der Waals surface area (Å²) in [5, 5.41) is 14.8. The fourth-order valence-corrected chi connectivity index (χ4v) is 3.54. The lowest BCUT2D eigenvalue weighted by atomic mass is 10.1. The third-order valence-electron chi connectivity index (χ3n) is 4.15. The summed E-state index contributed by atoms with van der Waals surface area (Å²) in [7, 11) is 0. The zero-order valence-electron chi connectivity index (χ0n) is 13.9. The number of hydrogen-bond donors (Lipinski definition) is 3. The van der Waals surface area contributed by atoms with E-state index in [1.165, 1.54) is 32.0 Å². The van der Waals surface area contributed by atoms with Gasteiger partial charge in [-0.15, -0.1) is 11.3 Å². The standard InChI is InChI=1S/C18H22N4O2S/c23-17(21-24)8-5-14-3-6-15(7-4-14)16-13-25-18(20-16)19-9-12-22-10-1-2-11-22/h3-8,13,24H,1-2,9-12H2,(H,19,20)(H,21,23)/b8-5+. The van der Waals surface area contributed by atoms with Crippen molar-refractivity contribution in [2.45, 2.75) is 12.8 Å². The lowest BCUT2D eigenvalue weighted by molar-refractivity contribution is -0.124. The van der Waals surface area contributed by atoms with E-state index in [4.69, 9.17) is 5.21 Å². The molecule has 1 fully saturated rings. The molecule has 0 unspecified atom stereocenters. The number of hydroxylamine groups is 1. The first-order chi connectivity index (χ1) is 12.2. The van der Waals surface area contributed by atoms with Crippen LogP contribution < -0.4 is 10.8 Å². The maximum Gasteiger partial charge on any atom is 0.267 e. The zero-order chi connectivity index (χ0) is 17.5. The quantitative estimate of drug-likeness (QED) is 0.403. The molecule has 3 N–H and O–H groups in total. The molecule has 3 rings (SSSR count). The van der Waals surface area contributed by atoms with E-state index in [1.807, 2.05) is 29.6 Å². The van der Waals surface area contributed by atoms with E-state index >= 15 is 0 Å². The predicted octanol–water partition coefficient (Wildman–Crippen LogP) is 2.84. The van der Waals surface area contributed by atoms with E-state index in [-0.39, 0.29) is 0 Å². The minimum absolute atomic E-state index is 0.548. The van der Waals surface area contributed by atoms with Gasteiger partial charge in [-0.05, 0) is 37.6 Å². The van der Waals surface area contributed by atoms with Crippen LogP contribution in [0, 0.1) is 0 Å². The summed E-state index contributed by atoms with van der Waals surface area (Å²) in [5.74, 6) is -0.548. The zero-order valence-corrected chi connectivity index (χ0v) is 14.8. The minimum atomic E-state index is -0.548. The Labute approximate surface area is 151 Å². The van der Waals surface area contributed by atoms with Crippen molar-refractivity contribution in [3.8, 4) is 11.3 Å². The van der Waals surface area contributed by atoms with Crippen molar-refractivity contribution in [1.82, 2.24) is 15.4 Å². The van der Waals surface area contributed by atoms with Crippen LogP contribution in [0.2, 0.25) is 0 Å². The van der Waals surface area contributed by atoms with E-state index in [2.05, 4.69) is 15.2 Å². The number of hydrogen-bond acceptors (Lipinski definition) is 6. The van der Waals surface area contributed by atoms with E-state index in [0.717, 1.165) is 35.0 Å². The largest absolute Gasteiger partial charge is 0.360 e. The summed E-state index contributed by atoms with van der Waals surface area (Å²) in [4.78, 5) is 18.1. The van der Waals surface area contributed by atoms with Crippen molar-refractivity contribution < 1.29 is 10.0 Å². The smallest absolute Gasteiger partial charge is 0.267 e. The van der Waals surface area contributed by atoms with Crippen LogP contribution in [0.1, 0.15) is 18.4 Å². The van der Waals surface area contributed by atoms with Crippen LogP contribution in [0.25, 0.3) is 17.3 Å². The first kappa shape index (κ1) is 17.6. The highest BCUT2D eigenvalue weighted by Gasteiger charge is 2.11. The number of nitrogens with zero attached hydrogens (tertiary/aromatic N) is 2. The maximum atomic E-state index is 11.0. The summed E-state index contributed by atoms with van der Waals surface area (Å²) < 4.78 is 0. The van der Waals surface area contributed by atoms with Gasteiger partial charge in [0.05, 0.1) is 5.69 Å². The predicted molar refractivity (Wildman–Crippen MR) is 101 cm³/mol. The number of likely N-dealkylation sites (tertiary alicyclic amines) is 1. The molecule has 0 radical (unpaired) electrons. The van der Waals surface area contributed by atoms with E-state index in [1.54, 1.807) is 22.9 Å². The molecule has 0 saturated carbocycles. The number of carbonyl (C=O) groups is 1. The summed E-state index contributed by atoms with van der Waals surface area (Å²) in [6.45, 7) is 4.41. The number of amides is 1. The van der Waals surface area contributed by atoms with Crippen LogP contribution in [0.5, 0.6) is 0 Å². The van der Waals surface area contributed by atoms with Gasteiger partial charge in [0.15, 0.2) is 5.13 Å².